The van der Waals surface area contributed by atoms with Crippen LogP contribution in [-0.4, -0.2) is 33.4 Å². The van der Waals surface area contributed by atoms with Gasteiger partial charge < -0.3 is 13.8 Å². The molecular weight excluding hydrogens is 324 g/mol. The van der Waals surface area contributed by atoms with Crippen LogP contribution >= 0.6 is 11.8 Å². The number of methoxy groups -OCH3 is 1. The van der Waals surface area contributed by atoms with Gasteiger partial charge in [0.25, 0.3) is 0 Å². The van der Waals surface area contributed by atoms with Crippen LogP contribution < -0.4 is 0 Å². The summed E-state index contributed by atoms with van der Waals surface area (Å²) in [6.07, 6.45) is 0.834. The van der Waals surface area contributed by atoms with Gasteiger partial charge in [0.15, 0.2) is 11.0 Å². The molecule has 128 valence electrons. The zero-order chi connectivity index (χ0) is 16.9. The highest BCUT2D eigenvalue weighted by atomic mass is 32.2. The maximum absolute atomic E-state index is 5.34. The summed E-state index contributed by atoms with van der Waals surface area (Å²) < 4.78 is 12.7. The van der Waals surface area contributed by atoms with Crippen LogP contribution in [0.1, 0.15) is 25.6 Å². The third-order valence-electron chi connectivity index (χ3n) is 3.56. The Labute approximate surface area is 145 Å². The van der Waals surface area contributed by atoms with Gasteiger partial charge in [0.05, 0.1) is 23.4 Å². The summed E-state index contributed by atoms with van der Waals surface area (Å²) in [4.78, 5) is 9.17. The number of imidazole rings is 1. The zero-order valence-corrected chi connectivity index (χ0v) is 15.0. The van der Waals surface area contributed by atoms with Gasteiger partial charge in [0.2, 0.25) is 5.89 Å². The molecular formula is C17H22N4O2S. The van der Waals surface area contributed by atoms with Crippen molar-refractivity contribution in [3.63, 3.8) is 0 Å². The van der Waals surface area contributed by atoms with E-state index in [1.54, 1.807) is 18.9 Å². The first-order chi connectivity index (χ1) is 11.7. The number of hydrogen-bond acceptors (Lipinski definition) is 6. The Morgan fingerprint density at radius 2 is 2.08 bits per heavy atom. The van der Waals surface area contributed by atoms with E-state index in [1.165, 1.54) is 0 Å². The van der Waals surface area contributed by atoms with Crippen molar-refractivity contribution in [2.45, 2.75) is 37.7 Å². The summed E-state index contributed by atoms with van der Waals surface area (Å²) in [5, 5.41) is 4.98. The largest absolute Gasteiger partial charge is 0.383 e. The van der Waals surface area contributed by atoms with Crippen LogP contribution in [0.2, 0.25) is 0 Å². The second-order valence-electron chi connectivity index (χ2n) is 6.02. The monoisotopic (exact) mass is 346 g/mol. The molecule has 0 unspecified atom stereocenters. The van der Waals surface area contributed by atoms with Crippen molar-refractivity contribution in [3.05, 3.63) is 36.0 Å². The van der Waals surface area contributed by atoms with E-state index < -0.39 is 0 Å². The fraction of sp³-hybridized carbons (Fsp3) is 0.471. The minimum Gasteiger partial charge on any atom is -0.383 e. The Bertz CT molecular complexity index is 797. The van der Waals surface area contributed by atoms with Gasteiger partial charge in [-0.25, -0.2) is 4.98 Å². The topological polar surface area (TPSA) is 66.0 Å². The molecule has 2 aromatic heterocycles. The van der Waals surface area contributed by atoms with Gasteiger partial charge in [0.1, 0.15) is 0 Å². The van der Waals surface area contributed by atoms with Crippen molar-refractivity contribution in [3.8, 4) is 0 Å². The molecule has 0 atom stereocenters. The fourth-order valence-electron chi connectivity index (χ4n) is 2.49. The molecule has 0 aliphatic heterocycles. The average molecular weight is 346 g/mol. The minimum absolute atomic E-state index is 0.515. The maximum atomic E-state index is 5.34. The van der Waals surface area contributed by atoms with Gasteiger partial charge in [-0.3, -0.25) is 0 Å². The minimum atomic E-state index is 0.515. The summed E-state index contributed by atoms with van der Waals surface area (Å²) in [5.41, 5.74) is 2.10. The van der Waals surface area contributed by atoms with E-state index in [0.29, 0.717) is 24.2 Å². The summed E-state index contributed by atoms with van der Waals surface area (Å²) >= 11 is 1.61. The number of ether oxygens (including phenoxy) is 1. The highest BCUT2D eigenvalue weighted by Gasteiger charge is 2.14. The molecule has 3 aromatic rings. The lowest BCUT2D eigenvalue weighted by molar-refractivity contribution is 0.186. The number of para-hydroxylation sites is 2. The van der Waals surface area contributed by atoms with Gasteiger partial charge in [0, 0.05) is 20.1 Å². The Morgan fingerprint density at radius 3 is 2.88 bits per heavy atom. The van der Waals surface area contributed by atoms with Crippen LogP contribution in [0.15, 0.2) is 33.9 Å². The molecule has 0 spiro atoms. The van der Waals surface area contributed by atoms with Gasteiger partial charge in [-0.2, -0.15) is 4.98 Å². The van der Waals surface area contributed by atoms with Crippen LogP contribution in [0.25, 0.3) is 11.0 Å². The summed E-state index contributed by atoms with van der Waals surface area (Å²) in [5.74, 6) is 2.54. The maximum Gasteiger partial charge on any atom is 0.237 e. The molecule has 0 fully saturated rings. The molecule has 2 heterocycles. The normalized spacial score (nSPS) is 11.7. The predicted octanol–water partition coefficient (Wildman–Crippen LogP) is 3.56. The van der Waals surface area contributed by atoms with Gasteiger partial charge in [-0.15, -0.1) is 0 Å². The molecule has 0 aliphatic rings. The fourth-order valence-corrected chi connectivity index (χ4v) is 3.36. The Morgan fingerprint density at radius 1 is 1.25 bits per heavy atom. The molecule has 24 heavy (non-hydrogen) atoms. The van der Waals surface area contributed by atoms with Crippen LogP contribution in [0.4, 0.5) is 0 Å². The third kappa shape index (κ3) is 3.96. The molecule has 0 radical (unpaired) electrons. The summed E-state index contributed by atoms with van der Waals surface area (Å²) in [6, 6.07) is 8.13. The first-order valence-electron chi connectivity index (χ1n) is 8.06. The van der Waals surface area contributed by atoms with E-state index in [9.17, 15) is 0 Å². The van der Waals surface area contributed by atoms with E-state index in [0.717, 1.165) is 35.0 Å². The lowest BCUT2D eigenvalue weighted by Gasteiger charge is -2.07. The Hall–Kier alpha value is -1.86. The molecule has 1 aromatic carbocycles. The standard InChI is InChI=1S/C17H22N4O2S/c1-12(2)10-15-19-16(23-20-15)11-24-17-18-13-6-4-5-7-14(13)21(17)8-9-22-3/h4-7,12H,8-11H2,1-3H3. The molecule has 0 aliphatic carbocycles. The van der Waals surface area contributed by atoms with Crippen molar-refractivity contribution in [1.29, 1.82) is 0 Å². The molecule has 6 nitrogen and oxygen atoms in total. The number of aromatic nitrogens is 4. The first kappa shape index (κ1) is 17.0. The van der Waals surface area contributed by atoms with Gasteiger partial charge >= 0.3 is 0 Å². The van der Waals surface area contributed by atoms with E-state index in [4.69, 9.17) is 14.2 Å². The highest BCUT2D eigenvalue weighted by molar-refractivity contribution is 7.98. The molecule has 3 rings (SSSR count). The Balaban J connectivity index is 1.75. The van der Waals surface area contributed by atoms with Crippen molar-refractivity contribution >= 4 is 22.8 Å². The average Bonchev–Trinajstić information content (AvgIpc) is 3.14. The van der Waals surface area contributed by atoms with Crippen molar-refractivity contribution in [2.75, 3.05) is 13.7 Å². The number of fused-ring (bicyclic) bond motifs is 1. The highest BCUT2D eigenvalue weighted by Crippen LogP contribution is 2.26. The van der Waals surface area contributed by atoms with E-state index in [-0.39, 0.29) is 0 Å². The second kappa shape index (κ2) is 7.81. The molecule has 0 amide bonds. The van der Waals surface area contributed by atoms with E-state index >= 15 is 0 Å². The van der Waals surface area contributed by atoms with Gasteiger partial charge in [-0.1, -0.05) is 42.9 Å². The van der Waals surface area contributed by atoms with Crippen LogP contribution in [0.3, 0.4) is 0 Å². The molecule has 0 bridgehead atoms. The van der Waals surface area contributed by atoms with Crippen molar-refractivity contribution in [2.24, 2.45) is 5.92 Å². The lowest BCUT2D eigenvalue weighted by atomic mass is 10.1. The quantitative estimate of drug-likeness (QED) is 0.581. The predicted molar refractivity (Wildman–Crippen MR) is 94.0 cm³/mol. The van der Waals surface area contributed by atoms with E-state index in [1.807, 2.05) is 18.2 Å². The van der Waals surface area contributed by atoms with Crippen molar-refractivity contribution in [1.82, 2.24) is 19.7 Å². The van der Waals surface area contributed by atoms with Crippen molar-refractivity contribution < 1.29 is 9.26 Å². The Kier molecular flexibility index (Phi) is 5.52. The number of thioether (sulfide) groups is 1. The summed E-state index contributed by atoms with van der Waals surface area (Å²) in [6.45, 7) is 5.70. The number of rotatable bonds is 8. The summed E-state index contributed by atoms with van der Waals surface area (Å²) in [7, 11) is 1.71. The van der Waals surface area contributed by atoms with Crippen LogP contribution in [-0.2, 0) is 23.5 Å². The third-order valence-corrected chi connectivity index (χ3v) is 4.53. The molecule has 0 saturated carbocycles. The number of benzene rings is 1. The van der Waals surface area contributed by atoms with E-state index in [2.05, 4.69) is 34.6 Å². The van der Waals surface area contributed by atoms with Crippen LogP contribution in [0, 0.1) is 5.92 Å². The number of nitrogens with zero attached hydrogens (tertiary/aromatic N) is 4. The lowest BCUT2D eigenvalue weighted by Crippen LogP contribution is -2.05. The molecule has 7 heteroatoms. The second-order valence-corrected chi connectivity index (χ2v) is 6.96. The van der Waals surface area contributed by atoms with Gasteiger partial charge in [-0.05, 0) is 18.1 Å². The smallest absolute Gasteiger partial charge is 0.237 e. The SMILES string of the molecule is COCCn1c(SCc2nc(CC(C)C)no2)nc2ccccc21. The zero-order valence-electron chi connectivity index (χ0n) is 14.2. The number of hydrogen-bond donors (Lipinski definition) is 0. The first-order valence-corrected chi connectivity index (χ1v) is 9.04. The molecule has 0 N–H and O–H groups in total. The molecule has 0 saturated heterocycles. The van der Waals surface area contributed by atoms with Crippen LogP contribution in [0.5, 0.6) is 0 Å².